The van der Waals surface area contributed by atoms with Gasteiger partial charge in [-0.15, -0.1) is 0 Å². The molecule has 56 heavy (non-hydrogen) atoms. The Morgan fingerprint density at radius 1 is 0.554 bits per heavy atom. The number of nitrogens with zero attached hydrogens (tertiary/aromatic N) is 1. The highest BCUT2D eigenvalue weighted by atomic mass is 31.2. The number of hydrogen-bond donors (Lipinski definition) is 0. The van der Waals surface area contributed by atoms with Crippen LogP contribution in [0.3, 0.4) is 0 Å². The summed E-state index contributed by atoms with van der Waals surface area (Å²) in [5.41, 5.74) is 0. The molecule has 0 heterocycles. The van der Waals surface area contributed by atoms with Crippen molar-refractivity contribution in [3.63, 3.8) is 0 Å². The number of allylic oxidation sites excluding steroid dienone is 10. The Hall–Kier alpha value is -1.80. The van der Waals surface area contributed by atoms with Crippen LogP contribution in [0.25, 0.3) is 0 Å². The number of carbonyl (C=O) groups is 1. The molecule has 0 aromatic carbocycles. The van der Waals surface area contributed by atoms with Crippen molar-refractivity contribution in [3.8, 4) is 0 Å². The lowest BCUT2D eigenvalue weighted by molar-refractivity contribution is -0.870. The summed E-state index contributed by atoms with van der Waals surface area (Å²) >= 11 is 0. The Morgan fingerprint density at radius 3 is 1.52 bits per heavy atom. The fourth-order valence-corrected chi connectivity index (χ4v) is 6.47. The van der Waals surface area contributed by atoms with E-state index in [0.717, 1.165) is 83.5 Å². The molecule has 2 unspecified atom stereocenters. The quantitative estimate of drug-likeness (QED) is 0.0200. The zero-order valence-corrected chi connectivity index (χ0v) is 37.7. The van der Waals surface area contributed by atoms with Crippen LogP contribution in [0, 0.1) is 0 Å². The molecule has 2 atom stereocenters. The minimum atomic E-state index is -4.53. The first-order chi connectivity index (χ1) is 27.1. The molecule has 0 saturated carbocycles. The number of likely N-dealkylation sites (N-methyl/N-ethyl adjacent to an activating group) is 1. The lowest BCUT2D eigenvalue weighted by Crippen LogP contribution is -2.37. The molecule has 326 valence electrons. The van der Waals surface area contributed by atoms with Gasteiger partial charge < -0.3 is 27.9 Å². The van der Waals surface area contributed by atoms with Crippen LogP contribution < -0.4 is 4.89 Å². The van der Waals surface area contributed by atoms with Crippen LogP contribution in [0.1, 0.15) is 174 Å². The van der Waals surface area contributed by atoms with Crippen molar-refractivity contribution >= 4 is 13.8 Å². The normalized spacial score (nSPS) is 14.3. The van der Waals surface area contributed by atoms with Gasteiger partial charge in [0.15, 0.2) is 0 Å². The molecule has 0 spiro atoms. The molecule has 0 aromatic heterocycles. The number of rotatable bonds is 41. The molecule has 0 fully saturated rings. The van der Waals surface area contributed by atoms with Crippen LogP contribution in [-0.4, -0.2) is 70.7 Å². The molecule has 0 aliphatic rings. The van der Waals surface area contributed by atoms with E-state index in [0.29, 0.717) is 24.1 Å². The van der Waals surface area contributed by atoms with Crippen molar-refractivity contribution in [2.45, 2.75) is 180 Å². The summed E-state index contributed by atoms with van der Waals surface area (Å²) in [6.45, 7) is 5.29. The van der Waals surface area contributed by atoms with Gasteiger partial charge in [0, 0.05) is 13.0 Å². The lowest BCUT2D eigenvalue weighted by atomic mass is 10.1. The summed E-state index contributed by atoms with van der Waals surface area (Å²) in [6, 6.07) is 0. The van der Waals surface area contributed by atoms with Crippen molar-refractivity contribution in [2.24, 2.45) is 0 Å². The smallest absolute Gasteiger partial charge is 0.306 e. The third-order valence-corrected chi connectivity index (χ3v) is 10.3. The molecule has 0 amide bonds. The molecule has 0 bridgehead atoms. The maximum absolute atomic E-state index is 12.7. The van der Waals surface area contributed by atoms with Crippen molar-refractivity contribution in [3.05, 3.63) is 60.8 Å². The number of quaternary nitrogens is 1. The molecule has 0 aliphatic heterocycles. The highest BCUT2D eigenvalue weighted by Gasteiger charge is 2.20. The Bertz CT molecular complexity index is 1080. The third kappa shape index (κ3) is 43.3. The summed E-state index contributed by atoms with van der Waals surface area (Å²) in [7, 11) is 1.33. The Kier molecular flexibility index (Phi) is 38.7. The van der Waals surface area contributed by atoms with E-state index >= 15 is 0 Å². The highest BCUT2D eigenvalue weighted by molar-refractivity contribution is 7.45. The van der Waals surface area contributed by atoms with Crippen LogP contribution in [0.4, 0.5) is 0 Å². The second-order valence-electron chi connectivity index (χ2n) is 16.0. The standard InChI is InChI=1S/C47H86NO7P/c1-6-8-10-12-14-16-18-20-22-23-24-25-26-27-29-31-33-35-37-39-42-52-44-46(45-54-56(50,51)53-43-41-48(3,4)5)55-47(49)40-38-36-34-32-30-28-21-19-17-15-13-11-9-7-2/h13-16,19-22,24-25,46H,6-12,17-18,23,26-45H2,1-5H3/b15-13-,16-14-,21-19-,22-20-,25-24-. The summed E-state index contributed by atoms with van der Waals surface area (Å²) in [5, 5.41) is 0. The molecular formula is C47H86NO7P. The monoisotopic (exact) mass is 808 g/mol. The van der Waals surface area contributed by atoms with E-state index in [-0.39, 0.29) is 25.8 Å². The van der Waals surface area contributed by atoms with E-state index in [1.807, 2.05) is 21.1 Å². The predicted octanol–water partition coefficient (Wildman–Crippen LogP) is 12.7. The van der Waals surface area contributed by atoms with Gasteiger partial charge in [0.05, 0.1) is 34.4 Å². The highest BCUT2D eigenvalue weighted by Crippen LogP contribution is 2.38. The van der Waals surface area contributed by atoms with Crippen molar-refractivity contribution < 1.29 is 37.3 Å². The number of carbonyl (C=O) groups excluding carboxylic acids is 1. The van der Waals surface area contributed by atoms with Gasteiger partial charge in [-0.3, -0.25) is 9.36 Å². The minimum absolute atomic E-state index is 0.0185. The number of phosphoric acid groups is 1. The maximum Gasteiger partial charge on any atom is 0.306 e. The second kappa shape index (κ2) is 40.0. The van der Waals surface area contributed by atoms with E-state index in [1.165, 1.54) is 70.6 Å². The van der Waals surface area contributed by atoms with Gasteiger partial charge >= 0.3 is 5.97 Å². The fourth-order valence-electron chi connectivity index (χ4n) is 5.74. The van der Waals surface area contributed by atoms with Crippen molar-refractivity contribution in [2.75, 3.05) is 54.1 Å². The Morgan fingerprint density at radius 2 is 1.00 bits per heavy atom. The number of unbranched alkanes of at least 4 members (excludes halogenated alkanes) is 17. The molecule has 0 saturated heterocycles. The Balaban J connectivity index is 4.25. The van der Waals surface area contributed by atoms with Gasteiger partial charge in [0.2, 0.25) is 0 Å². The van der Waals surface area contributed by atoms with Gasteiger partial charge in [-0.2, -0.15) is 0 Å². The van der Waals surface area contributed by atoms with E-state index in [9.17, 15) is 14.3 Å². The average Bonchev–Trinajstić information content (AvgIpc) is 3.15. The molecule has 0 aliphatic carbocycles. The molecule has 0 aromatic rings. The summed E-state index contributed by atoms with van der Waals surface area (Å²) in [6.07, 6.45) is 49.4. The molecule has 0 N–H and O–H groups in total. The SMILES string of the molecule is CCCC/C=C\C/C=C\CCCCCCCC(=O)OC(COCCCCCCCCC/C=C\C/C=C\C/C=C\CCCCC)COP(=O)([O-])OCC[N+](C)(C)C. The third-order valence-electron chi connectivity index (χ3n) is 9.29. The second-order valence-corrected chi connectivity index (χ2v) is 17.5. The Labute approximate surface area is 345 Å². The van der Waals surface area contributed by atoms with Crippen LogP contribution in [0.5, 0.6) is 0 Å². The fraction of sp³-hybridized carbons (Fsp3) is 0.766. The number of phosphoric ester groups is 1. The topological polar surface area (TPSA) is 94.1 Å². The zero-order valence-electron chi connectivity index (χ0n) is 36.8. The van der Waals surface area contributed by atoms with Crippen molar-refractivity contribution in [1.82, 2.24) is 0 Å². The largest absolute Gasteiger partial charge is 0.756 e. The molecule has 9 heteroatoms. The van der Waals surface area contributed by atoms with Gasteiger partial charge in [-0.05, 0) is 77.0 Å². The van der Waals surface area contributed by atoms with E-state index in [4.69, 9.17) is 18.5 Å². The molecule has 0 radical (unpaired) electrons. The van der Waals surface area contributed by atoms with Crippen LogP contribution >= 0.6 is 7.82 Å². The molecule has 0 rings (SSSR count). The van der Waals surface area contributed by atoms with Crippen molar-refractivity contribution in [1.29, 1.82) is 0 Å². The maximum atomic E-state index is 12.7. The number of esters is 1. The van der Waals surface area contributed by atoms with Crippen LogP contribution in [0.2, 0.25) is 0 Å². The lowest BCUT2D eigenvalue weighted by Gasteiger charge is -2.28. The summed E-state index contributed by atoms with van der Waals surface area (Å²) in [5.74, 6) is -0.354. The number of ether oxygens (including phenoxy) is 2. The molecule has 8 nitrogen and oxygen atoms in total. The summed E-state index contributed by atoms with van der Waals surface area (Å²) in [4.78, 5) is 25.0. The average molecular weight is 808 g/mol. The zero-order chi connectivity index (χ0) is 41.3. The van der Waals surface area contributed by atoms with Gasteiger partial charge in [-0.25, -0.2) is 0 Å². The minimum Gasteiger partial charge on any atom is -0.756 e. The summed E-state index contributed by atoms with van der Waals surface area (Å²) < 4.78 is 34.6. The van der Waals surface area contributed by atoms with E-state index in [1.54, 1.807) is 0 Å². The first-order valence-corrected chi connectivity index (χ1v) is 24.0. The molecular weight excluding hydrogens is 721 g/mol. The first-order valence-electron chi connectivity index (χ1n) is 22.5. The first kappa shape index (κ1) is 54.2. The van der Waals surface area contributed by atoms with Crippen LogP contribution in [-0.2, 0) is 27.9 Å². The number of hydrogen-bond acceptors (Lipinski definition) is 7. The van der Waals surface area contributed by atoms with Gasteiger partial charge in [0.25, 0.3) is 7.82 Å². The predicted molar refractivity (Wildman–Crippen MR) is 236 cm³/mol. The van der Waals surface area contributed by atoms with Crippen LogP contribution in [0.15, 0.2) is 60.8 Å². The van der Waals surface area contributed by atoms with Gasteiger partial charge in [0.1, 0.15) is 19.3 Å². The van der Waals surface area contributed by atoms with E-state index < -0.39 is 13.9 Å². The van der Waals surface area contributed by atoms with Gasteiger partial charge in [-0.1, -0.05) is 152 Å². The van der Waals surface area contributed by atoms with E-state index in [2.05, 4.69) is 74.6 Å².